The van der Waals surface area contributed by atoms with Crippen molar-refractivity contribution in [3.63, 3.8) is 0 Å². The normalized spacial score (nSPS) is 28.7. The second-order valence-electron chi connectivity index (χ2n) is 4.85. The summed E-state index contributed by atoms with van der Waals surface area (Å²) < 4.78 is 10.0. The molecule has 0 saturated carbocycles. The molecule has 0 fully saturated rings. The third kappa shape index (κ3) is 4.55. The van der Waals surface area contributed by atoms with E-state index in [1.807, 2.05) is 12.2 Å². The Labute approximate surface area is 113 Å². The molecule has 108 valence electrons. The fraction of sp³-hybridized carbons (Fsp3) is 0.692. The standard InChI is InChI=1S/C13H22N2O4/c1-15(2)13(17)19-9-5-4-6-11(14)10(8-7-9)12(16)18-3/h4-5,9-11H,6-8,14H2,1-3H3/b5-4-/t9-,10-,11-/m0/s1. The summed E-state index contributed by atoms with van der Waals surface area (Å²) in [5, 5.41) is 0. The summed E-state index contributed by atoms with van der Waals surface area (Å²) in [6.07, 6.45) is 4.63. The van der Waals surface area contributed by atoms with Gasteiger partial charge in [0.1, 0.15) is 6.10 Å². The Hall–Kier alpha value is -1.56. The van der Waals surface area contributed by atoms with Crippen molar-refractivity contribution in [3.8, 4) is 0 Å². The smallest absolute Gasteiger partial charge is 0.409 e. The van der Waals surface area contributed by atoms with Gasteiger partial charge < -0.3 is 20.1 Å². The summed E-state index contributed by atoms with van der Waals surface area (Å²) in [5.41, 5.74) is 5.95. The Morgan fingerprint density at radius 2 is 2.00 bits per heavy atom. The number of esters is 1. The number of nitrogens with zero attached hydrogens (tertiary/aromatic N) is 1. The third-order valence-electron chi connectivity index (χ3n) is 3.16. The average molecular weight is 270 g/mol. The van der Waals surface area contributed by atoms with Gasteiger partial charge in [-0.1, -0.05) is 6.08 Å². The highest BCUT2D eigenvalue weighted by molar-refractivity contribution is 5.73. The van der Waals surface area contributed by atoms with E-state index in [0.29, 0.717) is 19.3 Å². The van der Waals surface area contributed by atoms with Crippen molar-refractivity contribution < 1.29 is 19.1 Å². The van der Waals surface area contributed by atoms with Gasteiger partial charge in [-0.2, -0.15) is 0 Å². The van der Waals surface area contributed by atoms with Crippen LogP contribution < -0.4 is 5.73 Å². The molecule has 3 atom stereocenters. The fourth-order valence-electron chi connectivity index (χ4n) is 1.98. The van der Waals surface area contributed by atoms with Crippen molar-refractivity contribution in [1.29, 1.82) is 0 Å². The zero-order valence-corrected chi connectivity index (χ0v) is 11.7. The van der Waals surface area contributed by atoms with Gasteiger partial charge in [0.05, 0.1) is 13.0 Å². The highest BCUT2D eigenvalue weighted by Gasteiger charge is 2.28. The maximum absolute atomic E-state index is 11.6. The molecule has 6 heteroatoms. The van der Waals surface area contributed by atoms with E-state index < -0.39 is 6.09 Å². The molecule has 0 aromatic heterocycles. The van der Waals surface area contributed by atoms with Crippen molar-refractivity contribution in [3.05, 3.63) is 12.2 Å². The van der Waals surface area contributed by atoms with Crippen molar-refractivity contribution in [2.24, 2.45) is 11.7 Å². The number of ether oxygens (including phenoxy) is 2. The first-order valence-electron chi connectivity index (χ1n) is 6.33. The lowest BCUT2D eigenvalue weighted by molar-refractivity contribution is -0.146. The molecule has 1 rings (SSSR count). The third-order valence-corrected chi connectivity index (χ3v) is 3.16. The molecule has 0 unspecified atom stereocenters. The highest BCUT2D eigenvalue weighted by Crippen LogP contribution is 2.21. The SMILES string of the molecule is COC(=O)[C@H]1CC[C@@H](OC(=O)N(C)C)/C=C\C[C@@H]1N. The number of hydrogen-bond donors (Lipinski definition) is 1. The molecule has 0 heterocycles. The maximum Gasteiger partial charge on any atom is 0.409 e. The average Bonchev–Trinajstić information content (AvgIpc) is 2.35. The molecule has 0 aromatic rings. The largest absolute Gasteiger partial charge is 0.469 e. The molecular weight excluding hydrogens is 248 g/mol. The number of rotatable bonds is 2. The van der Waals surface area contributed by atoms with E-state index in [1.54, 1.807) is 14.1 Å². The minimum Gasteiger partial charge on any atom is -0.469 e. The van der Waals surface area contributed by atoms with Gasteiger partial charge in [-0.25, -0.2) is 4.79 Å². The quantitative estimate of drug-likeness (QED) is 0.596. The molecule has 0 radical (unpaired) electrons. The second-order valence-corrected chi connectivity index (χ2v) is 4.85. The Morgan fingerprint density at radius 3 is 2.58 bits per heavy atom. The molecule has 0 aliphatic heterocycles. The summed E-state index contributed by atoms with van der Waals surface area (Å²) in [6, 6.07) is -0.255. The van der Waals surface area contributed by atoms with Gasteiger partial charge in [0, 0.05) is 20.1 Å². The first-order valence-corrected chi connectivity index (χ1v) is 6.33. The number of methoxy groups -OCH3 is 1. The highest BCUT2D eigenvalue weighted by atomic mass is 16.6. The molecule has 0 spiro atoms. The lowest BCUT2D eigenvalue weighted by atomic mass is 9.89. The predicted molar refractivity (Wildman–Crippen MR) is 70.4 cm³/mol. The van der Waals surface area contributed by atoms with E-state index in [1.165, 1.54) is 12.0 Å². The van der Waals surface area contributed by atoms with E-state index in [2.05, 4.69) is 0 Å². The van der Waals surface area contributed by atoms with E-state index in [9.17, 15) is 9.59 Å². The Bertz CT molecular complexity index is 355. The summed E-state index contributed by atoms with van der Waals surface area (Å²) in [5.74, 6) is -0.656. The summed E-state index contributed by atoms with van der Waals surface area (Å²) in [4.78, 5) is 24.5. The summed E-state index contributed by atoms with van der Waals surface area (Å²) in [6.45, 7) is 0. The van der Waals surface area contributed by atoms with Crippen molar-refractivity contribution >= 4 is 12.1 Å². The van der Waals surface area contributed by atoms with E-state index in [0.717, 1.165) is 0 Å². The molecule has 0 bridgehead atoms. The Kier molecular flexibility index (Phi) is 5.82. The number of carbonyl (C=O) groups excluding carboxylic acids is 2. The van der Waals surface area contributed by atoms with Gasteiger partial charge in [-0.3, -0.25) is 4.79 Å². The van der Waals surface area contributed by atoms with E-state index in [4.69, 9.17) is 15.2 Å². The van der Waals surface area contributed by atoms with Crippen LogP contribution in [0.3, 0.4) is 0 Å². The van der Waals surface area contributed by atoms with Crippen LogP contribution in [0, 0.1) is 5.92 Å². The molecule has 1 aliphatic rings. The fourth-order valence-corrected chi connectivity index (χ4v) is 1.98. The number of carbonyl (C=O) groups is 2. The van der Waals surface area contributed by atoms with Crippen LogP contribution in [-0.4, -0.2) is 50.3 Å². The van der Waals surface area contributed by atoms with Crippen LogP contribution in [0.5, 0.6) is 0 Å². The van der Waals surface area contributed by atoms with Gasteiger partial charge in [-0.05, 0) is 25.3 Å². The van der Waals surface area contributed by atoms with Gasteiger partial charge in [0.15, 0.2) is 0 Å². The Morgan fingerprint density at radius 1 is 1.32 bits per heavy atom. The first kappa shape index (κ1) is 15.5. The van der Waals surface area contributed by atoms with Crippen molar-refractivity contribution in [2.75, 3.05) is 21.2 Å². The second kappa shape index (κ2) is 7.13. The lowest BCUT2D eigenvalue weighted by Crippen LogP contribution is -2.38. The molecule has 0 aromatic carbocycles. The first-order chi connectivity index (χ1) is 8.95. The van der Waals surface area contributed by atoms with Crippen LogP contribution in [0.2, 0.25) is 0 Å². The maximum atomic E-state index is 11.6. The minimum atomic E-state index is -0.394. The van der Waals surface area contributed by atoms with Crippen molar-refractivity contribution in [1.82, 2.24) is 4.90 Å². The molecular formula is C13H22N2O4. The summed E-state index contributed by atoms with van der Waals surface area (Å²) in [7, 11) is 4.61. The van der Waals surface area contributed by atoms with Gasteiger partial charge in [-0.15, -0.1) is 0 Å². The lowest BCUT2D eigenvalue weighted by Gasteiger charge is -2.25. The van der Waals surface area contributed by atoms with E-state index >= 15 is 0 Å². The molecule has 2 N–H and O–H groups in total. The molecule has 19 heavy (non-hydrogen) atoms. The number of nitrogens with two attached hydrogens (primary N) is 1. The zero-order chi connectivity index (χ0) is 14.4. The van der Waals surface area contributed by atoms with Crippen LogP contribution in [0.25, 0.3) is 0 Å². The zero-order valence-electron chi connectivity index (χ0n) is 11.7. The van der Waals surface area contributed by atoms with Crippen LogP contribution >= 0.6 is 0 Å². The minimum absolute atomic E-state index is 0.255. The van der Waals surface area contributed by atoms with Crippen LogP contribution in [-0.2, 0) is 14.3 Å². The van der Waals surface area contributed by atoms with Gasteiger partial charge in [0.2, 0.25) is 0 Å². The monoisotopic (exact) mass is 270 g/mol. The van der Waals surface area contributed by atoms with Crippen LogP contribution in [0.15, 0.2) is 12.2 Å². The predicted octanol–water partition coefficient (Wildman–Crippen LogP) is 0.910. The Balaban J connectivity index is 2.65. The van der Waals surface area contributed by atoms with Crippen LogP contribution in [0.1, 0.15) is 19.3 Å². The number of hydrogen-bond acceptors (Lipinski definition) is 5. The molecule has 1 aliphatic carbocycles. The molecule has 1 amide bonds. The molecule has 0 saturated heterocycles. The van der Waals surface area contributed by atoms with Crippen LogP contribution in [0.4, 0.5) is 4.79 Å². The topological polar surface area (TPSA) is 81.9 Å². The number of amides is 1. The van der Waals surface area contributed by atoms with Gasteiger partial charge in [0.25, 0.3) is 0 Å². The van der Waals surface area contributed by atoms with Crippen molar-refractivity contribution in [2.45, 2.75) is 31.4 Å². The molecule has 6 nitrogen and oxygen atoms in total. The summed E-state index contributed by atoms with van der Waals surface area (Å²) >= 11 is 0. The van der Waals surface area contributed by atoms with E-state index in [-0.39, 0.29) is 24.0 Å². The van der Waals surface area contributed by atoms with Gasteiger partial charge >= 0.3 is 12.1 Å².